The van der Waals surface area contributed by atoms with Crippen LogP contribution in [-0.4, -0.2) is 11.2 Å². The molecule has 0 N–H and O–H groups in total. The van der Waals surface area contributed by atoms with Crippen molar-refractivity contribution < 1.29 is 4.79 Å². The zero-order valence-corrected chi connectivity index (χ0v) is 8.71. The van der Waals surface area contributed by atoms with Crippen molar-refractivity contribution >= 4 is 28.7 Å². The Balaban J connectivity index is 2.85. The minimum Gasteiger partial charge on any atom is -0.292 e. The highest BCUT2D eigenvalue weighted by Crippen LogP contribution is 2.20. The normalized spacial score (nSPS) is 12.9. The van der Waals surface area contributed by atoms with Gasteiger partial charge in [-0.2, -0.15) is 0 Å². The van der Waals surface area contributed by atoms with Crippen LogP contribution in [0.2, 0.25) is 0 Å². The van der Waals surface area contributed by atoms with Crippen LogP contribution in [0.25, 0.3) is 0 Å². The Morgan fingerprint density at radius 1 is 1.75 bits per heavy atom. The predicted molar refractivity (Wildman–Crippen MR) is 53.3 cm³/mol. The van der Waals surface area contributed by atoms with Gasteiger partial charge in [-0.1, -0.05) is 6.92 Å². The van der Waals surface area contributed by atoms with Crippen LogP contribution in [0.15, 0.2) is 11.4 Å². The largest absolute Gasteiger partial charge is 0.292 e. The lowest BCUT2D eigenvalue weighted by Crippen LogP contribution is -2.12. The Morgan fingerprint density at radius 2 is 2.42 bits per heavy atom. The number of rotatable bonds is 3. The van der Waals surface area contributed by atoms with Crippen molar-refractivity contribution in [2.45, 2.75) is 25.6 Å². The van der Waals surface area contributed by atoms with Crippen molar-refractivity contribution in [3.05, 3.63) is 21.9 Å². The molecule has 1 heterocycles. The summed E-state index contributed by atoms with van der Waals surface area (Å²) in [6.45, 7) is 3.85. The molecular formula is C9H11ClOS. The summed E-state index contributed by atoms with van der Waals surface area (Å²) < 4.78 is 0. The quantitative estimate of drug-likeness (QED) is 0.543. The number of alkyl halides is 1. The molecule has 1 unspecified atom stereocenters. The Labute approximate surface area is 81.4 Å². The zero-order chi connectivity index (χ0) is 9.14. The first kappa shape index (κ1) is 9.75. The number of thiophene rings is 1. The lowest BCUT2D eigenvalue weighted by Gasteiger charge is -2.03. The Kier molecular flexibility index (Phi) is 3.29. The van der Waals surface area contributed by atoms with E-state index < -0.39 is 0 Å². The van der Waals surface area contributed by atoms with E-state index in [4.69, 9.17) is 11.6 Å². The second-order valence-electron chi connectivity index (χ2n) is 2.67. The number of carbonyl (C=O) groups excluding carboxylic acids is 1. The molecule has 0 amide bonds. The molecule has 66 valence electrons. The second-order valence-corrected chi connectivity index (χ2v) is 4.12. The molecule has 3 heteroatoms. The van der Waals surface area contributed by atoms with Crippen LogP contribution in [0, 0.1) is 6.92 Å². The van der Waals surface area contributed by atoms with Crippen LogP contribution in [0.3, 0.4) is 0 Å². The van der Waals surface area contributed by atoms with Crippen molar-refractivity contribution in [3.63, 3.8) is 0 Å². The van der Waals surface area contributed by atoms with Gasteiger partial charge in [0.25, 0.3) is 0 Å². The second kappa shape index (κ2) is 4.06. The third-order valence-electron chi connectivity index (χ3n) is 1.73. The highest BCUT2D eigenvalue weighted by Gasteiger charge is 2.17. The van der Waals surface area contributed by atoms with E-state index in [0.717, 1.165) is 10.4 Å². The van der Waals surface area contributed by atoms with Gasteiger partial charge in [0.1, 0.15) is 0 Å². The van der Waals surface area contributed by atoms with E-state index in [9.17, 15) is 4.79 Å². The number of Topliss-reactive ketones (excluding diaryl/α,β-unsaturated/α-hetero) is 1. The molecule has 0 aliphatic heterocycles. The summed E-state index contributed by atoms with van der Waals surface area (Å²) in [6, 6.07) is 1.94. The maximum atomic E-state index is 11.5. The summed E-state index contributed by atoms with van der Waals surface area (Å²) in [6.07, 6.45) is 0.692. The molecule has 1 nitrogen and oxygen atoms in total. The molecule has 1 atom stereocenters. The Hall–Kier alpha value is -0.340. The summed E-state index contributed by atoms with van der Waals surface area (Å²) in [4.78, 5) is 12.3. The Bertz CT molecular complexity index is 280. The minimum absolute atomic E-state index is 0.0617. The first-order valence-electron chi connectivity index (χ1n) is 3.89. The van der Waals surface area contributed by atoms with Crippen molar-refractivity contribution in [1.82, 2.24) is 0 Å². The van der Waals surface area contributed by atoms with Gasteiger partial charge in [0.15, 0.2) is 5.78 Å². The van der Waals surface area contributed by atoms with Crippen molar-refractivity contribution in [2.24, 2.45) is 0 Å². The highest BCUT2D eigenvalue weighted by molar-refractivity contribution is 7.12. The molecule has 12 heavy (non-hydrogen) atoms. The number of hydrogen-bond acceptors (Lipinski definition) is 2. The van der Waals surface area contributed by atoms with E-state index in [2.05, 4.69) is 0 Å². The van der Waals surface area contributed by atoms with Crippen LogP contribution >= 0.6 is 22.9 Å². The molecule has 0 aliphatic carbocycles. The fraction of sp³-hybridized carbons (Fsp3) is 0.444. The van der Waals surface area contributed by atoms with Crippen LogP contribution < -0.4 is 0 Å². The van der Waals surface area contributed by atoms with Gasteiger partial charge in [0.05, 0.1) is 10.3 Å². The third-order valence-corrected chi connectivity index (χ3v) is 3.27. The first-order chi connectivity index (χ1) is 5.66. The van der Waals surface area contributed by atoms with Crippen molar-refractivity contribution in [1.29, 1.82) is 0 Å². The first-order valence-corrected chi connectivity index (χ1v) is 5.20. The molecule has 0 saturated heterocycles. The maximum absolute atomic E-state index is 11.5. The number of hydrogen-bond donors (Lipinski definition) is 0. The lowest BCUT2D eigenvalue weighted by molar-refractivity contribution is 0.0989. The van der Waals surface area contributed by atoms with Crippen LogP contribution in [0.5, 0.6) is 0 Å². The average molecular weight is 203 g/mol. The topological polar surface area (TPSA) is 17.1 Å². The number of ketones is 1. The van der Waals surface area contributed by atoms with Gasteiger partial charge in [-0.15, -0.1) is 22.9 Å². The van der Waals surface area contributed by atoms with Crippen molar-refractivity contribution in [3.8, 4) is 0 Å². The van der Waals surface area contributed by atoms with Gasteiger partial charge in [0.2, 0.25) is 0 Å². The van der Waals surface area contributed by atoms with E-state index in [1.54, 1.807) is 0 Å². The highest BCUT2D eigenvalue weighted by atomic mass is 35.5. The Morgan fingerprint density at radius 3 is 2.83 bits per heavy atom. The van der Waals surface area contributed by atoms with E-state index >= 15 is 0 Å². The van der Waals surface area contributed by atoms with Crippen LogP contribution in [0.1, 0.15) is 28.6 Å². The standard InChI is InChI=1S/C9H11ClOS/c1-3-7(10)8(11)9-6(2)4-5-12-9/h4-5,7H,3H2,1-2H3. The molecule has 1 rings (SSSR count). The monoisotopic (exact) mass is 202 g/mol. The van der Waals surface area contributed by atoms with Crippen molar-refractivity contribution in [2.75, 3.05) is 0 Å². The molecule has 1 aromatic heterocycles. The summed E-state index contributed by atoms with van der Waals surface area (Å²) in [5.74, 6) is 0.0617. The van der Waals surface area contributed by atoms with Crippen LogP contribution in [-0.2, 0) is 0 Å². The van der Waals surface area contributed by atoms with E-state index in [-0.39, 0.29) is 11.2 Å². The molecule has 0 radical (unpaired) electrons. The molecule has 0 bridgehead atoms. The molecule has 1 aromatic rings. The van der Waals surface area contributed by atoms with E-state index in [1.165, 1.54) is 11.3 Å². The van der Waals surface area contributed by atoms with Crippen LogP contribution in [0.4, 0.5) is 0 Å². The average Bonchev–Trinajstić information content (AvgIpc) is 2.48. The number of halogens is 1. The predicted octanol–water partition coefficient (Wildman–Crippen LogP) is 3.26. The minimum atomic E-state index is -0.359. The van der Waals surface area contributed by atoms with Gasteiger partial charge in [-0.3, -0.25) is 4.79 Å². The molecule has 0 spiro atoms. The van der Waals surface area contributed by atoms with Gasteiger partial charge < -0.3 is 0 Å². The number of aryl methyl sites for hydroxylation is 1. The van der Waals surface area contributed by atoms with Gasteiger partial charge in [-0.05, 0) is 30.4 Å². The smallest absolute Gasteiger partial charge is 0.190 e. The summed E-state index contributed by atoms with van der Waals surface area (Å²) in [5, 5.41) is 1.56. The summed E-state index contributed by atoms with van der Waals surface area (Å²) >= 11 is 7.30. The molecular weight excluding hydrogens is 192 g/mol. The van der Waals surface area contributed by atoms with Gasteiger partial charge >= 0.3 is 0 Å². The molecule has 0 aliphatic rings. The fourth-order valence-electron chi connectivity index (χ4n) is 0.953. The maximum Gasteiger partial charge on any atom is 0.190 e. The van der Waals surface area contributed by atoms with E-state index in [0.29, 0.717) is 6.42 Å². The lowest BCUT2D eigenvalue weighted by atomic mass is 10.1. The molecule has 0 fully saturated rings. The number of carbonyl (C=O) groups is 1. The van der Waals surface area contributed by atoms with Gasteiger partial charge in [0, 0.05) is 0 Å². The zero-order valence-electron chi connectivity index (χ0n) is 7.13. The molecule has 0 saturated carbocycles. The summed E-state index contributed by atoms with van der Waals surface area (Å²) in [5.41, 5.74) is 1.03. The molecule has 0 aromatic carbocycles. The van der Waals surface area contributed by atoms with Gasteiger partial charge in [-0.25, -0.2) is 0 Å². The fourth-order valence-corrected chi connectivity index (χ4v) is 2.05. The van der Waals surface area contributed by atoms with E-state index in [1.807, 2.05) is 25.3 Å². The summed E-state index contributed by atoms with van der Waals surface area (Å²) in [7, 11) is 0. The third kappa shape index (κ3) is 1.87. The SMILES string of the molecule is CCC(Cl)C(=O)c1sccc1C.